The van der Waals surface area contributed by atoms with Crippen molar-refractivity contribution in [1.82, 2.24) is 4.90 Å². The first-order chi connectivity index (χ1) is 8.09. The molecule has 0 aliphatic rings. The quantitative estimate of drug-likeness (QED) is 0.805. The minimum absolute atomic E-state index is 0.161. The number of benzene rings is 1. The van der Waals surface area contributed by atoms with Crippen molar-refractivity contribution < 1.29 is 9.21 Å². The predicted molar refractivity (Wildman–Crippen MR) is 66.6 cm³/mol. The predicted octanol–water partition coefficient (Wildman–Crippen LogP) is 2.23. The van der Waals surface area contributed by atoms with Gasteiger partial charge in [-0.05, 0) is 24.3 Å². The Labute approximate surface area is 99.6 Å². The summed E-state index contributed by atoms with van der Waals surface area (Å²) in [5, 5.41) is 0. The topological polar surface area (TPSA) is 59.5 Å². The van der Waals surface area contributed by atoms with Gasteiger partial charge >= 0.3 is 0 Å². The third-order valence-corrected chi connectivity index (χ3v) is 2.45. The fourth-order valence-corrected chi connectivity index (χ4v) is 1.54. The number of carbonyl (C=O) groups excluding carboxylic acids is 1. The van der Waals surface area contributed by atoms with Crippen molar-refractivity contribution in [2.45, 2.75) is 0 Å². The third-order valence-electron chi connectivity index (χ3n) is 2.45. The first kappa shape index (κ1) is 11.3. The molecule has 2 N–H and O–H groups in total. The molecule has 17 heavy (non-hydrogen) atoms. The summed E-state index contributed by atoms with van der Waals surface area (Å²) in [6.07, 6.45) is 0. The maximum atomic E-state index is 11.7. The van der Waals surface area contributed by atoms with Crippen molar-refractivity contribution in [3.05, 3.63) is 42.2 Å². The van der Waals surface area contributed by atoms with Crippen molar-refractivity contribution in [3.63, 3.8) is 0 Å². The Morgan fingerprint density at radius 2 is 1.88 bits per heavy atom. The SMILES string of the molecule is CN(C)C(=O)c1ccc(-c2ccccc2N)o1. The molecule has 0 spiro atoms. The molecule has 0 saturated heterocycles. The van der Waals surface area contributed by atoms with Gasteiger partial charge in [-0.3, -0.25) is 4.79 Å². The van der Waals surface area contributed by atoms with Crippen LogP contribution in [-0.2, 0) is 0 Å². The molecule has 0 aliphatic heterocycles. The number of hydrogen-bond donors (Lipinski definition) is 1. The summed E-state index contributed by atoms with van der Waals surface area (Å²) in [5.41, 5.74) is 7.27. The number of carbonyl (C=O) groups is 1. The van der Waals surface area contributed by atoms with Crippen LogP contribution in [0.15, 0.2) is 40.8 Å². The Bertz CT molecular complexity index is 544. The van der Waals surface area contributed by atoms with Crippen molar-refractivity contribution in [1.29, 1.82) is 0 Å². The summed E-state index contributed by atoms with van der Waals surface area (Å²) in [6, 6.07) is 10.8. The molecule has 0 unspecified atom stereocenters. The molecule has 1 aromatic carbocycles. The molecule has 2 aromatic rings. The molecule has 0 bridgehead atoms. The fraction of sp³-hybridized carbons (Fsp3) is 0.154. The Balaban J connectivity index is 2.37. The summed E-state index contributed by atoms with van der Waals surface area (Å²) in [5.74, 6) is 0.757. The highest BCUT2D eigenvalue weighted by Gasteiger charge is 2.14. The Morgan fingerprint density at radius 3 is 2.53 bits per heavy atom. The van der Waals surface area contributed by atoms with Crippen LogP contribution in [0.4, 0.5) is 5.69 Å². The highest BCUT2D eigenvalue weighted by Crippen LogP contribution is 2.27. The highest BCUT2D eigenvalue weighted by atomic mass is 16.4. The summed E-state index contributed by atoms with van der Waals surface area (Å²) in [4.78, 5) is 13.1. The summed E-state index contributed by atoms with van der Waals surface area (Å²) >= 11 is 0. The van der Waals surface area contributed by atoms with Crippen molar-refractivity contribution in [2.75, 3.05) is 19.8 Å². The van der Waals surface area contributed by atoms with E-state index in [0.29, 0.717) is 17.2 Å². The molecule has 88 valence electrons. The minimum Gasteiger partial charge on any atom is -0.451 e. The molecule has 2 rings (SSSR count). The monoisotopic (exact) mass is 230 g/mol. The van der Waals surface area contributed by atoms with E-state index in [9.17, 15) is 4.79 Å². The number of furan rings is 1. The first-order valence-electron chi connectivity index (χ1n) is 5.26. The molecule has 0 radical (unpaired) electrons. The first-order valence-corrected chi connectivity index (χ1v) is 5.26. The molecular formula is C13H14N2O2. The molecule has 0 atom stereocenters. The van der Waals surface area contributed by atoms with Crippen molar-refractivity contribution >= 4 is 11.6 Å². The molecular weight excluding hydrogens is 216 g/mol. The number of nitrogen functional groups attached to an aromatic ring is 1. The van der Waals surface area contributed by atoms with E-state index in [1.807, 2.05) is 18.2 Å². The third kappa shape index (κ3) is 2.15. The zero-order valence-electron chi connectivity index (χ0n) is 9.81. The van der Waals surface area contributed by atoms with Gasteiger partial charge in [0.1, 0.15) is 5.76 Å². The second-order valence-electron chi connectivity index (χ2n) is 3.95. The molecule has 0 fully saturated rings. The number of anilines is 1. The lowest BCUT2D eigenvalue weighted by Crippen LogP contribution is -2.20. The van der Waals surface area contributed by atoms with Gasteiger partial charge in [0.25, 0.3) is 5.91 Å². The number of nitrogens with zero attached hydrogens (tertiary/aromatic N) is 1. The van der Waals surface area contributed by atoms with Gasteiger partial charge in [0.2, 0.25) is 0 Å². The number of para-hydroxylation sites is 1. The van der Waals surface area contributed by atoms with Crippen molar-refractivity contribution in [3.8, 4) is 11.3 Å². The number of hydrogen-bond acceptors (Lipinski definition) is 3. The Morgan fingerprint density at radius 1 is 1.18 bits per heavy atom. The molecule has 1 amide bonds. The zero-order chi connectivity index (χ0) is 12.4. The lowest BCUT2D eigenvalue weighted by Gasteiger charge is -2.07. The average molecular weight is 230 g/mol. The highest BCUT2D eigenvalue weighted by molar-refractivity contribution is 5.92. The number of amides is 1. The number of rotatable bonds is 2. The van der Waals surface area contributed by atoms with Gasteiger partial charge in [0.15, 0.2) is 5.76 Å². The van der Waals surface area contributed by atoms with E-state index in [1.54, 1.807) is 32.3 Å². The van der Waals surface area contributed by atoms with Gasteiger partial charge in [-0.2, -0.15) is 0 Å². The van der Waals surface area contributed by atoms with Gasteiger partial charge in [0, 0.05) is 25.3 Å². The summed E-state index contributed by atoms with van der Waals surface area (Å²) in [7, 11) is 3.36. The normalized spacial score (nSPS) is 10.2. The van der Waals surface area contributed by atoms with Gasteiger partial charge in [0.05, 0.1) is 0 Å². The van der Waals surface area contributed by atoms with Crippen LogP contribution < -0.4 is 5.73 Å². The zero-order valence-corrected chi connectivity index (χ0v) is 9.81. The van der Waals surface area contributed by atoms with Crippen LogP contribution in [0.5, 0.6) is 0 Å². The second kappa shape index (κ2) is 4.33. The van der Waals surface area contributed by atoms with E-state index in [2.05, 4.69) is 0 Å². The van der Waals surface area contributed by atoms with E-state index >= 15 is 0 Å². The van der Waals surface area contributed by atoms with Crippen LogP contribution in [0, 0.1) is 0 Å². The average Bonchev–Trinajstić information content (AvgIpc) is 2.77. The minimum atomic E-state index is -0.161. The fourth-order valence-electron chi connectivity index (χ4n) is 1.54. The molecule has 1 heterocycles. The van der Waals surface area contributed by atoms with Gasteiger partial charge in [-0.15, -0.1) is 0 Å². The van der Waals surface area contributed by atoms with E-state index in [-0.39, 0.29) is 5.91 Å². The maximum absolute atomic E-state index is 11.7. The Kier molecular flexibility index (Phi) is 2.87. The largest absolute Gasteiger partial charge is 0.451 e. The van der Waals surface area contributed by atoms with E-state index in [4.69, 9.17) is 10.2 Å². The smallest absolute Gasteiger partial charge is 0.289 e. The number of nitrogens with two attached hydrogens (primary N) is 1. The van der Waals surface area contributed by atoms with Crippen LogP contribution in [0.3, 0.4) is 0 Å². The lowest BCUT2D eigenvalue weighted by atomic mass is 10.1. The summed E-state index contributed by atoms with van der Waals surface area (Å²) < 4.78 is 5.50. The van der Waals surface area contributed by atoms with E-state index in [0.717, 1.165) is 5.56 Å². The van der Waals surface area contributed by atoms with E-state index in [1.165, 1.54) is 4.90 Å². The molecule has 0 aliphatic carbocycles. The molecule has 4 heteroatoms. The van der Waals surface area contributed by atoms with Gasteiger partial charge in [-0.25, -0.2) is 0 Å². The van der Waals surface area contributed by atoms with Crippen molar-refractivity contribution in [2.24, 2.45) is 0 Å². The van der Waals surface area contributed by atoms with Crippen LogP contribution in [0.25, 0.3) is 11.3 Å². The standard InChI is InChI=1S/C13H14N2O2/c1-15(2)13(16)12-8-7-11(17-12)9-5-3-4-6-10(9)14/h3-8H,14H2,1-2H3. The second-order valence-corrected chi connectivity index (χ2v) is 3.95. The van der Waals surface area contributed by atoms with Crippen LogP contribution in [-0.4, -0.2) is 24.9 Å². The molecule has 1 aromatic heterocycles. The van der Waals surface area contributed by atoms with Crippen LogP contribution in [0.1, 0.15) is 10.6 Å². The lowest BCUT2D eigenvalue weighted by molar-refractivity contribution is 0.0797. The molecule has 0 saturated carbocycles. The van der Waals surface area contributed by atoms with Crippen LogP contribution in [0.2, 0.25) is 0 Å². The van der Waals surface area contributed by atoms with E-state index < -0.39 is 0 Å². The Hall–Kier alpha value is -2.23. The molecule has 4 nitrogen and oxygen atoms in total. The summed E-state index contributed by atoms with van der Waals surface area (Å²) in [6.45, 7) is 0. The van der Waals surface area contributed by atoms with Crippen LogP contribution >= 0.6 is 0 Å². The van der Waals surface area contributed by atoms with Gasteiger partial charge in [-0.1, -0.05) is 12.1 Å². The maximum Gasteiger partial charge on any atom is 0.289 e. The van der Waals surface area contributed by atoms with Gasteiger partial charge < -0.3 is 15.1 Å².